The Hall–Kier alpha value is -1.30. The fourth-order valence-corrected chi connectivity index (χ4v) is 3.19. The third-order valence-corrected chi connectivity index (χ3v) is 4.42. The van der Waals surface area contributed by atoms with Crippen molar-refractivity contribution in [2.75, 3.05) is 32.8 Å². The molecule has 20 heavy (non-hydrogen) atoms. The number of ether oxygens (including phenoxy) is 1. The lowest BCUT2D eigenvalue weighted by molar-refractivity contribution is -0.148. The Morgan fingerprint density at radius 3 is 2.75 bits per heavy atom. The topological polar surface area (TPSA) is 70.1 Å². The van der Waals surface area contributed by atoms with E-state index in [4.69, 9.17) is 4.74 Å². The van der Waals surface area contributed by atoms with Crippen molar-refractivity contribution >= 4 is 12.0 Å². The van der Waals surface area contributed by atoms with Crippen molar-refractivity contribution in [3.63, 3.8) is 0 Å². The average molecular weight is 284 g/mol. The SMILES string of the molecule is CCCC1(C(=O)O)CCN(C(=O)N2CCOCC2C)C1. The number of hydrogen-bond acceptors (Lipinski definition) is 3. The molecule has 2 aliphatic rings. The van der Waals surface area contributed by atoms with Gasteiger partial charge < -0.3 is 19.6 Å². The van der Waals surface area contributed by atoms with E-state index in [9.17, 15) is 14.7 Å². The molecule has 6 heteroatoms. The second-order valence-corrected chi connectivity index (χ2v) is 5.91. The van der Waals surface area contributed by atoms with E-state index in [1.807, 2.05) is 13.8 Å². The molecule has 0 aromatic rings. The summed E-state index contributed by atoms with van der Waals surface area (Å²) in [5.41, 5.74) is -0.750. The lowest BCUT2D eigenvalue weighted by Gasteiger charge is -2.36. The number of aliphatic carboxylic acids is 1. The van der Waals surface area contributed by atoms with Gasteiger partial charge in [-0.2, -0.15) is 0 Å². The van der Waals surface area contributed by atoms with E-state index in [1.165, 1.54) is 0 Å². The Labute approximate surface area is 119 Å². The van der Waals surface area contributed by atoms with Crippen LogP contribution in [0.2, 0.25) is 0 Å². The Morgan fingerprint density at radius 1 is 1.40 bits per heavy atom. The molecule has 2 rings (SSSR count). The molecule has 2 amide bonds. The van der Waals surface area contributed by atoms with Gasteiger partial charge in [0.1, 0.15) is 0 Å². The van der Waals surface area contributed by atoms with Crippen LogP contribution in [-0.2, 0) is 9.53 Å². The van der Waals surface area contributed by atoms with Gasteiger partial charge in [0.05, 0.1) is 24.7 Å². The first-order valence-electron chi connectivity index (χ1n) is 7.37. The fraction of sp³-hybridized carbons (Fsp3) is 0.857. The molecule has 6 nitrogen and oxygen atoms in total. The van der Waals surface area contributed by atoms with Gasteiger partial charge in [0.25, 0.3) is 0 Å². The number of morpholine rings is 1. The summed E-state index contributed by atoms with van der Waals surface area (Å²) < 4.78 is 5.34. The average Bonchev–Trinajstić information content (AvgIpc) is 2.85. The van der Waals surface area contributed by atoms with Crippen LogP contribution >= 0.6 is 0 Å². The lowest BCUT2D eigenvalue weighted by atomic mass is 9.83. The molecular weight excluding hydrogens is 260 g/mol. The van der Waals surface area contributed by atoms with E-state index in [0.29, 0.717) is 45.7 Å². The van der Waals surface area contributed by atoms with E-state index in [1.54, 1.807) is 9.80 Å². The van der Waals surface area contributed by atoms with Gasteiger partial charge in [0.2, 0.25) is 0 Å². The van der Waals surface area contributed by atoms with Crippen LogP contribution in [0.5, 0.6) is 0 Å². The summed E-state index contributed by atoms with van der Waals surface area (Å²) in [5.74, 6) is -0.773. The van der Waals surface area contributed by atoms with Crippen LogP contribution in [0.25, 0.3) is 0 Å². The Kier molecular flexibility index (Phi) is 4.52. The highest BCUT2D eigenvalue weighted by Crippen LogP contribution is 2.36. The molecule has 2 aliphatic heterocycles. The summed E-state index contributed by atoms with van der Waals surface area (Å²) in [5, 5.41) is 9.49. The van der Waals surface area contributed by atoms with Crippen molar-refractivity contribution in [3.8, 4) is 0 Å². The summed E-state index contributed by atoms with van der Waals surface area (Å²) in [7, 11) is 0. The van der Waals surface area contributed by atoms with E-state index in [2.05, 4.69) is 0 Å². The minimum Gasteiger partial charge on any atom is -0.481 e. The smallest absolute Gasteiger partial charge is 0.320 e. The molecule has 0 spiro atoms. The van der Waals surface area contributed by atoms with Gasteiger partial charge in [-0.15, -0.1) is 0 Å². The first-order valence-corrected chi connectivity index (χ1v) is 7.37. The van der Waals surface area contributed by atoms with Gasteiger partial charge in [-0.05, 0) is 19.8 Å². The predicted molar refractivity (Wildman–Crippen MR) is 73.5 cm³/mol. The number of carboxylic acid groups (broad SMARTS) is 1. The Bertz CT molecular complexity index is 387. The predicted octanol–water partition coefficient (Wildman–Crippen LogP) is 1.40. The summed E-state index contributed by atoms with van der Waals surface area (Å²) in [4.78, 5) is 27.6. The van der Waals surface area contributed by atoms with Gasteiger partial charge in [-0.25, -0.2) is 4.79 Å². The molecule has 2 atom stereocenters. The molecule has 0 radical (unpaired) electrons. The Morgan fingerprint density at radius 2 is 2.15 bits per heavy atom. The molecule has 0 saturated carbocycles. The maximum atomic E-state index is 12.5. The molecule has 114 valence electrons. The zero-order chi connectivity index (χ0) is 14.8. The van der Waals surface area contributed by atoms with E-state index in [-0.39, 0.29) is 12.1 Å². The van der Waals surface area contributed by atoms with Crippen LogP contribution in [0, 0.1) is 5.41 Å². The number of amides is 2. The third kappa shape index (κ3) is 2.75. The number of likely N-dealkylation sites (tertiary alicyclic amines) is 1. The summed E-state index contributed by atoms with van der Waals surface area (Å²) in [6.07, 6.45) is 2.01. The van der Waals surface area contributed by atoms with Crippen LogP contribution < -0.4 is 0 Å². The molecular formula is C14H24N2O4. The van der Waals surface area contributed by atoms with E-state index < -0.39 is 11.4 Å². The maximum Gasteiger partial charge on any atom is 0.320 e. The highest BCUT2D eigenvalue weighted by atomic mass is 16.5. The highest BCUT2D eigenvalue weighted by molar-refractivity contribution is 5.80. The van der Waals surface area contributed by atoms with Crippen molar-refractivity contribution in [2.45, 2.75) is 39.2 Å². The minimum atomic E-state index is -0.773. The van der Waals surface area contributed by atoms with Crippen LogP contribution in [0.1, 0.15) is 33.1 Å². The standard InChI is InChI=1S/C14H24N2O4/c1-3-4-14(12(17)18)5-6-15(10-14)13(19)16-7-8-20-9-11(16)2/h11H,3-10H2,1-2H3,(H,17,18). The summed E-state index contributed by atoms with van der Waals surface area (Å²) in [6.45, 7) is 6.52. The van der Waals surface area contributed by atoms with Gasteiger partial charge in [-0.3, -0.25) is 4.79 Å². The van der Waals surface area contributed by atoms with E-state index >= 15 is 0 Å². The van der Waals surface area contributed by atoms with Crippen LogP contribution in [0.4, 0.5) is 4.79 Å². The molecule has 2 unspecified atom stereocenters. The molecule has 0 aromatic carbocycles. The molecule has 1 N–H and O–H groups in total. The van der Waals surface area contributed by atoms with E-state index in [0.717, 1.165) is 6.42 Å². The van der Waals surface area contributed by atoms with Crippen LogP contribution in [0.15, 0.2) is 0 Å². The van der Waals surface area contributed by atoms with Crippen LogP contribution in [-0.4, -0.2) is 65.8 Å². The molecule has 2 heterocycles. The number of carboxylic acids is 1. The molecule has 2 fully saturated rings. The number of carbonyl (C=O) groups excluding carboxylic acids is 1. The van der Waals surface area contributed by atoms with Gasteiger partial charge in [0, 0.05) is 19.6 Å². The zero-order valence-corrected chi connectivity index (χ0v) is 12.3. The second-order valence-electron chi connectivity index (χ2n) is 5.91. The lowest BCUT2D eigenvalue weighted by Crippen LogP contribution is -2.52. The third-order valence-electron chi connectivity index (χ3n) is 4.42. The van der Waals surface area contributed by atoms with Crippen molar-refractivity contribution in [3.05, 3.63) is 0 Å². The normalized spacial score (nSPS) is 30.6. The number of nitrogens with zero attached hydrogens (tertiary/aromatic N) is 2. The highest BCUT2D eigenvalue weighted by Gasteiger charge is 2.46. The monoisotopic (exact) mass is 284 g/mol. The van der Waals surface area contributed by atoms with Crippen LogP contribution in [0.3, 0.4) is 0 Å². The minimum absolute atomic E-state index is 0.0416. The van der Waals surface area contributed by atoms with Gasteiger partial charge in [0.15, 0.2) is 0 Å². The maximum absolute atomic E-state index is 12.5. The summed E-state index contributed by atoms with van der Waals surface area (Å²) >= 11 is 0. The number of carbonyl (C=O) groups is 2. The summed E-state index contributed by atoms with van der Waals surface area (Å²) in [6, 6.07) is 0.0160. The van der Waals surface area contributed by atoms with Crippen molar-refractivity contribution in [1.82, 2.24) is 9.80 Å². The number of urea groups is 1. The van der Waals surface area contributed by atoms with Crippen molar-refractivity contribution in [2.24, 2.45) is 5.41 Å². The van der Waals surface area contributed by atoms with Gasteiger partial charge in [-0.1, -0.05) is 13.3 Å². The van der Waals surface area contributed by atoms with Crippen molar-refractivity contribution < 1.29 is 19.4 Å². The largest absolute Gasteiger partial charge is 0.481 e. The zero-order valence-electron chi connectivity index (χ0n) is 12.3. The first kappa shape index (κ1) is 15.1. The Balaban J connectivity index is 2.04. The molecule has 0 aliphatic carbocycles. The molecule has 0 bridgehead atoms. The first-order chi connectivity index (χ1) is 9.50. The molecule has 2 saturated heterocycles. The fourth-order valence-electron chi connectivity index (χ4n) is 3.19. The second kappa shape index (κ2) is 5.99. The number of rotatable bonds is 3. The van der Waals surface area contributed by atoms with Gasteiger partial charge >= 0.3 is 12.0 Å². The van der Waals surface area contributed by atoms with Crippen molar-refractivity contribution in [1.29, 1.82) is 0 Å². The quantitative estimate of drug-likeness (QED) is 0.850. The number of hydrogen-bond donors (Lipinski definition) is 1. The molecule has 0 aromatic heterocycles.